The first kappa shape index (κ1) is 23.5. The molecule has 2 saturated heterocycles. The van der Waals surface area contributed by atoms with E-state index in [1.54, 1.807) is 29.2 Å². The van der Waals surface area contributed by atoms with Crippen LogP contribution in [0, 0.1) is 0 Å². The summed E-state index contributed by atoms with van der Waals surface area (Å²) >= 11 is 0. The van der Waals surface area contributed by atoms with Gasteiger partial charge in [-0.15, -0.1) is 0 Å². The highest BCUT2D eigenvalue weighted by Crippen LogP contribution is 2.23. The summed E-state index contributed by atoms with van der Waals surface area (Å²) in [7, 11) is 2.62. The summed E-state index contributed by atoms with van der Waals surface area (Å²) in [4.78, 5) is 44.8. The Morgan fingerprint density at radius 2 is 1.81 bits per heavy atom. The first-order valence-corrected chi connectivity index (χ1v) is 10.4. The molecular formula is C21H29N5O6. The van der Waals surface area contributed by atoms with Crippen LogP contribution in [-0.2, 0) is 19.0 Å². The average molecular weight is 447 g/mol. The van der Waals surface area contributed by atoms with Gasteiger partial charge in [-0.05, 0) is 31.2 Å². The molecule has 32 heavy (non-hydrogen) atoms. The van der Waals surface area contributed by atoms with E-state index < -0.39 is 12.2 Å². The number of nitrogens with zero attached hydrogens (tertiary/aromatic N) is 4. The van der Waals surface area contributed by atoms with E-state index in [2.05, 4.69) is 19.5 Å². The van der Waals surface area contributed by atoms with Gasteiger partial charge in [0.1, 0.15) is 18.0 Å². The third kappa shape index (κ3) is 5.54. The lowest BCUT2D eigenvalue weighted by Crippen LogP contribution is -2.53. The number of esters is 1. The molecule has 174 valence electrons. The Balaban J connectivity index is 1.53. The Morgan fingerprint density at radius 3 is 2.41 bits per heavy atom. The lowest BCUT2D eigenvalue weighted by molar-refractivity contribution is -0.147. The van der Waals surface area contributed by atoms with Gasteiger partial charge in [-0.3, -0.25) is 19.5 Å². The number of carbonyl (C=O) groups excluding carboxylic acids is 3. The van der Waals surface area contributed by atoms with Crippen molar-refractivity contribution in [3.8, 4) is 0 Å². The van der Waals surface area contributed by atoms with Crippen LogP contribution in [0.3, 0.4) is 0 Å². The molecule has 0 spiro atoms. The Bertz CT molecular complexity index is 866. The van der Waals surface area contributed by atoms with Gasteiger partial charge in [0.2, 0.25) is 0 Å². The fourth-order valence-electron chi connectivity index (χ4n) is 3.79. The molecule has 3 rings (SSSR count). The highest BCUT2D eigenvalue weighted by Gasteiger charge is 2.34. The third-order valence-electron chi connectivity index (χ3n) is 5.69. The van der Waals surface area contributed by atoms with Gasteiger partial charge in [0.15, 0.2) is 0 Å². The number of cyclic esters (lactones) is 1. The number of methoxy groups -OCH3 is 2. The molecule has 11 nitrogen and oxygen atoms in total. The van der Waals surface area contributed by atoms with Crippen LogP contribution in [0.5, 0.6) is 0 Å². The number of hydrogen-bond acceptors (Lipinski definition) is 8. The second kappa shape index (κ2) is 10.4. The number of benzene rings is 1. The summed E-state index contributed by atoms with van der Waals surface area (Å²) in [6.45, 7) is 5.96. The van der Waals surface area contributed by atoms with Gasteiger partial charge in [-0.2, -0.15) is 4.99 Å². The zero-order valence-corrected chi connectivity index (χ0v) is 18.5. The van der Waals surface area contributed by atoms with Gasteiger partial charge < -0.3 is 19.9 Å². The molecule has 0 aromatic heterocycles. The fraction of sp³-hybridized carbons (Fsp3) is 0.524. The molecule has 2 aliphatic heterocycles. The van der Waals surface area contributed by atoms with Crippen molar-refractivity contribution in [1.82, 2.24) is 9.80 Å². The number of hydrogen-bond donors (Lipinski definition) is 1. The number of amidine groups is 1. The molecule has 2 heterocycles. The van der Waals surface area contributed by atoms with Gasteiger partial charge in [0.05, 0.1) is 20.8 Å². The summed E-state index contributed by atoms with van der Waals surface area (Å²) < 4.78 is 14.8. The fourth-order valence-corrected chi connectivity index (χ4v) is 3.79. The SMILES string of the molecule is COC(=O)N=C(N)c1ccc(N2CC(CN3CCN(C(C)C(=O)OC)CC3)OC2=O)cc1. The maximum atomic E-state index is 12.4. The molecule has 1 aromatic rings. The van der Waals surface area contributed by atoms with Crippen LogP contribution in [0.4, 0.5) is 15.3 Å². The van der Waals surface area contributed by atoms with Crippen LogP contribution in [0.1, 0.15) is 12.5 Å². The lowest BCUT2D eigenvalue weighted by Gasteiger charge is -2.37. The molecule has 2 unspecified atom stereocenters. The van der Waals surface area contributed by atoms with Crippen LogP contribution in [-0.4, -0.2) is 99.4 Å². The van der Waals surface area contributed by atoms with Crippen LogP contribution in [0.25, 0.3) is 0 Å². The van der Waals surface area contributed by atoms with Crippen molar-refractivity contribution in [2.45, 2.75) is 19.1 Å². The Labute approximate surface area is 186 Å². The van der Waals surface area contributed by atoms with E-state index in [1.807, 2.05) is 6.92 Å². The number of nitrogens with two attached hydrogens (primary N) is 1. The molecule has 0 bridgehead atoms. The largest absolute Gasteiger partial charge is 0.468 e. The van der Waals surface area contributed by atoms with Gasteiger partial charge in [0, 0.05) is 44.0 Å². The molecule has 2 fully saturated rings. The van der Waals surface area contributed by atoms with Crippen molar-refractivity contribution >= 4 is 29.7 Å². The molecule has 2 amide bonds. The normalized spacial score (nSPS) is 21.2. The number of anilines is 1. The average Bonchev–Trinajstić information content (AvgIpc) is 3.18. The third-order valence-corrected chi connectivity index (χ3v) is 5.69. The van der Waals surface area contributed by atoms with Crippen molar-refractivity contribution in [1.29, 1.82) is 0 Å². The highest BCUT2D eigenvalue weighted by atomic mass is 16.6. The van der Waals surface area contributed by atoms with Crippen molar-refractivity contribution in [3.05, 3.63) is 29.8 Å². The minimum absolute atomic E-state index is 0.0333. The summed E-state index contributed by atoms with van der Waals surface area (Å²) in [6, 6.07) is 6.55. The van der Waals surface area contributed by atoms with Gasteiger partial charge in [-0.25, -0.2) is 9.59 Å². The second-order valence-corrected chi connectivity index (χ2v) is 7.67. The summed E-state index contributed by atoms with van der Waals surface area (Å²) in [5, 5.41) is 0. The van der Waals surface area contributed by atoms with E-state index in [0.29, 0.717) is 24.3 Å². The quantitative estimate of drug-likeness (QED) is 0.290. The predicted molar refractivity (Wildman–Crippen MR) is 117 cm³/mol. The van der Waals surface area contributed by atoms with E-state index in [0.717, 1.165) is 26.2 Å². The molecule has 2 aliphatic rings. The van der Waals surface area contributed by atoms with Gasteiger partial charge in [-0.1, -0.05) is 0 Å². The number of aliphatic imine (C=N–C) groups is 1. The first-order chi connectivity index (χ1) is 15.3. The van der Waals surface area contributed by atoms with E-state index in [-0.39, 0.29) is 24.0 Å². The lowest BCUT2D eigenvalue weighted by atomic mass is 10.1. The molecule has 0 radical (unpaired) electrons. The molecule has 0 aliphatic carbocycles. The summed E-state index contributed by atoms with van der Waals surface area (Å²) in [5.41, 5.74) is 7.00. The molecular weight excluding hydrogens is 418 g/mol. The van der Waals surface area contributed by atoms with Crippen LogP contribution >= 0.6 is 0 Å². The molecule has 2 N–H and O–H groups in total. The van der Waals surface area contributed by atoms with Crippen molar-refractivity contribution in [3.63, 3.8) is 0 Å². The van der Waals surface area contributed by atoms with E-state index in [4.69, 9.17) is 15.2 Å². The van der Waals surface area contributed by atoms with Crippen molar-refractivity contribution < 1.29 is 28.6 Å². The zero-order chi connectivity index (χ0) is 23.3. The number of carbonyl (C=O) groups is 3. The zero-order valence-electron chi connectivity index (χ0n) is 18.5. The topological polar surface area (TPSA) is 127 Å². The second-order valence-electron chi connectivity index (χ2n) is 7.67. The number of ether oxygens (including phenoxy) is 3. The van der Waals surface area contributed by atoms with Crippen LogP contribution < -0.4 is 10.6 Å². The molecule has 0 saturated carbocycles. The predicted octanol–water partition coefficient (Wildman–Crippen LogP) is 0.663. The van der Waals surface area contributed by atoms with E-state index in [1.165, 1.54) is 14.2 Å². The van der Waals surface area contributed by atoms with Crippen molar-refractivity contribution in [2.75, 3.05) is 58.4 Å². The monoisotopic (exact) mass is 447 g/mol. The minimum Gasteiger partial charge on any atom is -0.468 e. The number of amides is 2. The van der Waals surface area contributed by atoms with Crippen LogP contribution in [0.15, 0.2) is 29.3 Å². The minimum atomic E-state index is -0.780. The van der Waals surface area contributed by atoms with Gasteiger partial charge in [0.25, 0.3) is 0 Å². The summed E-state index contributed by atoms with van der Waals surface area (Å²) in [6.07, 6.45) is -1.44. The van der Waals surface area contributed by atoms with Gasteiger partial charge >= 0.3 is 18.2 Å². The number of rotatable bonds is 6. The maximum absolute atomic E-state index is 12.4. The van der Waals surface area contributed by atoms with E-state index in [9.17, 15) is 14.4 Å². The smallest absolute Gasteiger partial charge is 0.435 e. The Morgan fingerprint density at radius 1 is 1.16 bits per heavy atom. The molecule has 1 aromatic carbocycles. The maximum Gasteiger partial charge on any atom is 0.435 e. The highest BCUT2D eigenvalue weighted by molar-refractivity contribution is 6.03. The standard InChI is InChI=1S/C21H29N5O6/c1-14(19(27)30-2)25-10-8-24(9-11-25)12-17-13-26(21(29)32-17)16-6-4-15(5-7-16)18(22)23-20(28)31-3/h4-7,14,17H,8-13H2,1-3H3,(H2,22,23,28). The van der Waals surface area contributed by atoms with Crippen molar-refractivity contribution in [2.24, 2.45) is 10.7 Å². The Kier molecular flexibility index (Phi) is 7.65. The van der Waals surface area contributed by atoms with Crippen LogP contribution in [0.2, 0.25) is 0 Å². The van der Waals surface area contributed by atoms with E-state index >= 15 is 0 Å². The molecule has 2 atom stereocenters. The summed E-state index contributed by atoms with van der Waals surface area (Å²) in [5.74, 6) is -0.200. The molecule has 11 heteroatoms. The Hall–Kier alpha value is -3.18. The number of piperazine rings is 1. The first-order valence-electron chi connectivity index (χ1n) is 10.4.